The number of carbonyl (C=O) groups is 1. The molecule has 106 valence electrons. The van der Waals surface area contributed by atoms with Crippen molar-refractivity contribution in [2.24, 2.45) is 0 Å². The molecule has 1 fully saturated rings. The monoisotopic (exact) mass is 264 g/mol. The summed E-state index contributed by atoms with van der Waals surface area (Å²) in [5.41, 5.74) is 0. The number of rotatable bonds is 5. The first-order valence-electron chi connectivity index (χ1n) is 7.18. The third kappa shape index (κ3) is 3.35. The number of likely N-dealkylation sites (tertiary alicyclic amines) is 1. The van der Waals surface area contributed by atoms with Crippen molar-refractivity contribution >= 4 is 5.91 Å². The Balaban J connectivity index is 2.02. The lowest BCUT2D eigenvalue weighted by Gasteiger charge is -2.37. The van der Waals surface area contributed by atoms with E-state index in [1.807, 2.05) is 26.2 Å². The van der Waals surface area contributed by atoms with Crippen molar-refractivity contribution in [1.82, 2.24) is 20.0 Å². The molecular formula is C14H24N4O. The van der Waals surface area contributed by atoms with Gasteiger partial charge in [-0.15, -0.1) is 0 Å². The fourth-order valence-corrected chi connectivity index (χ4v) is 2.76. The van der Waals surface area contributed by atoms with Crippen LogP contribution in [0.3, 0.4) is 0 Å². The maximum Gasteiger partial charge on any atom is 0.247 e. The predicted molar refractivity (Wildman–Crippen MR) is 74.8 cm³/mol. The third-order valence-corrected chi connectivity index (χ3v) is 3.92. The Morgan fingerprint density at radius 3 is 3.05 bits per heavy atom. The average molecular weight is 264 g/mol. The standard InChI is InChI=1S/C14H24N4O/c1-12(18-11-5-8-16-18)14(19)17-10-4-3-6-13(17)7-9-15-2/h5,8,11-13,15H,3-4,6-7,9-10H2,1-2H3. The zero-order valence-corrected chi connectivity index (χ0v) is 11.9. The Kier molecular flexibility index (Phi) is 4.96. The van der Waals surface area contributed by atoms with E-state index in [0.717, 1.165) is 32.4 Å². The normalized spacial score (nSPS) is 21.4. The molecule has 1 saturated heterocycles. The lowest BCUT2D eigenvalue weighted by Crippen LogP contribution is -2.47. The van der Waals surface area contributed by atoms with Crippen LogP contribution in [-0.2, 0) is 4.79 Å². The lowest BCUT2D eigenvalue weighted by molar-refractivity contribution is -0.138. The number of hydrogen-bond donors (Lipinski definition) is 1. The fourth-order valence-electron chi connectivity index (χ4n) is 2.76. The molecule has 2 unspecified atom stereocenters. The minimum absolute atomic E-state index is 0.199. The topological polar surface area (TPSA) is 50.2 Å². The van der Waals surface area contributed by atoms with Crippen LogP contribution in [0.15, 0.2) is 18.5 Å². The highest BCUT2D eigenvalue weighted by Gasteiger charge is 2.29. The van der Waals surface area contributed by atoms with Crippen molar-refractivity contribution in [2.45, 2.75) is 44.7 Å². The van der Waals surface area contributed by atoms with Gasteiger partial charge in [0, 0.05) is 25.0 Å². The van der Waals surface area contributed by atoms with Gasteiger partial charge in [0.15, 0.2) is 0 Å². The van der Waals surface area contributed by atoms with Crippen LogP contribution in [0.5, 0.6) is 0 Å². The average Bonchev–Trinajstić information content (AvgIpc) is 2.98. The van der Waals surface area contributed by atoms with E-state index in [0.29, 0.717) is 6.04 Å². The van der Waals surface area contributed by atoms with Gasteiger partial charge < -0.3 is 10.2 Å². The van der Waals surface area contributed by atoms with Crippen molar-refractivity contribution in [2.75, 3.05) is 20.1 Å². The van der Waals surface area contributed by atoms with E-state index in [1.54, 1.807) is 10.9 Å². The molecule has 19 heavy (non-hydrogen) atoms. The third-order valence-electron chi connectivity index (χ3n) is 3.92. The first kappa shape index (κ1) is 14.1. The molecule has 0 saturated carbocycles. The molecule has 1 N–H and O–H groups in total. The summed E-state index contributed by atoms with van der Waals surface area (Å²) in [6.45, 7) is 3.78. The summed E-state index contributed by atoms with van der Waals surface area (Å²) < 4.78 is 1.74. The maximum absolute atomic E-state index is 12.6. The van der Waals surface area contributed by atoms with E-state index in [4.69, 9.17) is 0 Å². The number of piperidine rings is 1. The van der Waals surface area contributed by atoms with Gasteiger partial charge in [-0.3, -0.25) is 9.48 Å². The number of nitrogens with zero attached hydrogens (tertiary/aromatic N) is 3. The van der Waals surface area contributed by atoms with Gasteiger partial charge >= 0.3 is 0 Å². The summed E-state index contributed by atoms with van der Waals surface area (Å²) in [5, 5.41) is 7.35. The number of carbonyl (C=O) groups excluding carboxylic acids is 1. The Morgan fingerprint density at radius 1 is 1.53 bits per heavy atom. The summed E-state index contributed by atoms with van der Waals surface area (Å²) >= 11 is 0. The smallest absolute Gasteiger partial charge is 0.247 e. The number of amides is 1. The molecule has 0 aromatic carbocycles. The van der Waals surface area contributed by atoms with Crippen molar-refractivity contribution in [1.29, 1.82) is 0 Å². The molecule has 1 aliphatic heterocycles. The zero-order chi connectivity index (χ0) is 13.7. The maximum atomic E-state index is 12.6. The van der Waals surface area contributed by atoms with Gasteiger partial charge in [-0.25, -0.2) is 0 Å². The quantitative estimate of drug-likeness (QED) is 0.875. The molecule has 0 bridgehead atoms. The molecule has 1 aromatic heterocycles. The van der Waals surface area contributed by atoms with Crippen LogP contribution in [0.1, 0.15) is 38.6 Å². The van der Waals surface area contributed by atoms with E-state index < -0.39 is 0 Å². The van der Waals surface area contributed by atoms with E-state index in [9.17, 15) is 4.79 Å². The van der Waals surface area contributed by atoms with Gasteiger partial charge in [0.25, 0.3) is 0 Å². The molecule has 2 heterocycles. The first-order valence-corrected chi connectivity index (χ1v) is 7.18. The van der Waals surface area contributed by atoms with Gasteiger partial charge in [0.1, 0.15) is 6.04 Å². The summed E-state index contributed by atoms with van der Waals surface area (Å²) in [4.78, 5) is 14.7. The second-order valence-electron chi connectivity index (χ2n) is 5.24. The molecule has 1 amide bonds. The van der Waals surface area contributed by atoms with Gasteiger partial charge in [-0.05, 0) is 52.3 Å². The van der Waals surface area contributed by atoms with Crippen LogP contribution in [0.25, 0.3) is 0 Å². The molecule has 2 rings (SSSR count). The molecule has 1 aliphatic rings. The molecule has 0 aliphatic carbocycles. The zero-order valence-electron chi connectivity index (χ0n) is 11.9. The largest absolute Gasteiger partial charge is 0.338 e. The molecule has 5 nitrogen and oxygen atoms in total. The van der Waals surface area contributed by atoms with Gasteiger partial charge in [0.05, 0.1) is 0 Å². The summed E-state index contributed by atoms with van der Waals surface area (Å²) in [6, 6.07) is 2.04. The Bertz CT molecular complexity index is 390. The first-order chi connectivity index (χ1) is 9.24. The lowest BCUT2D eigenvalue weighted by atomic mass is 9.98. The Labute approximate surface area is 115 Å². The number of hydrogen-bond acceptors (Lipinski definition) is 3. The van der Waals surface area contributed by atoms with Gasteiger partial charge in [-0.1, -0.05) is 0 Å². The van der Waals surface area contributed by atoms with Crippen molar-refractivity contribution < 1.29 is 4.79 Å². The molecule has 1 aromatic rings. The Morgan fingerprint density at radius 2 is 2.37 bits per heavy atom. The van der Waals surface area contributed by atoms with Crippen molar-refractivity contribution in [3.8, 4) is 0 Å². The SMILES string of the molecule is CNCCC1CCCCN1C(=O)C(C)n1cccn1. The van der Waals surface area contributed by atoms with Crippen LogP contribution < -0.4 is 5.32 Å². The summed E-state index contributed by atoms with van der Waals surface area (Å²) in [6.07, 6.45) is 8.09. The summed E-state index contributed by atoms with van der Waals surface area (Å²) in [5.74, 6) is 0.199. The van der Waals surface area contributed by atoms with Crippen molar-refractivity contribution in [3.63, 3.8) is 0 Å². The van der Waals surface area contributed by atoms with E-state index in [-0.39, 0.29) is 11.9 Å². The van der Waals surface area contributed by atoms with Crippen LogP contribution >= 0.6 is 0 Å². The van der Waals surface area contributed by atoms with Crippen molar-refractivity contribution in [3.05, 3.63) is 18.5 Å². The number of aromatic nitrogens is 2. The minimum Gasteiger partial charge on any atom is -0.338 e. The van der Waals surface area contributed by atoms with Crippen LogP contribution in [-0.4, -0.2) is 46.8 Å². The van der Waals surface area contributed by atoms with E-state index in [1.165, 1.54) is 6.42 Å². The highest BCUT2D eigenvalue weighted by atomic mass is 16.2. The second-order valence-corrected chi connectivity index (χ2v) is 5.24. The molecule has 0 spiro atoms. The minimum atomic E-state index is -0.204. The van der Waals surface area contributed by atoms with Gasteiger partial charge in [-0.2, -0.15) is 5.10 Å². The predicted octanol–water partition coefficient (Wildman–Crippen LogP) is 1.43. The Hall–Kier alpha value is -1.36. The highest BCUT2D eigenvalue weighted by Crippen LogP contribution is 2.22. The second kappa shape index (κ2) is 6.70. The van der Waals surface area contributed by atoms with E-state index >= 15 is 0 Å². The van der Waals surface area contributed by atoms with Crippen LogP contribution in [0, 0.1) is 0 Å². The molecular weight excluding hydrogens is 240 g/mol. The fraction of sp³-hybridized carbons (Fsp3) is 0.714. The van der Waals surface area contributed by atoms with Crippen LogP contribution in [0.2, 0.25) is 0 Å². The molecule has 5 heteroatoms. The molecule has 2 atom stereocenters. The van der Waals surface area contributed by atoms with E-state index in [2.05, 4.69) is 15.3 Å². The summed E-state index contributed by atoms with van der Waals surface area (Å²) in [7, 11) is 1.96. The van der Waals surface area contributed by atoms with Crippen LogP contribution in [0.4, 0.5) is 0 Å². The highest BCUT2D eigenvalue weighted by molar-refractivity contribution is 5.80. The number of nitrogens with one attached hydrogen (secondary N) is 1. The molecule has 0 radical (unpaired) electrons. The van der Waals surface area contributed by atoms with Gasteiger partial charge in [0.2, 0.25) is 5.91 Å².